The summed E-state index contributed by atoms with van der Waals surface area (Å²) < 4.78 is 0. The van der Waals surface area contributed by atoms with E-state index >= 15 is 0 Å². The average Bonchev–Trinajstić information content (AvgIpc) is 2.46. The number of aliphatic carboxylic acids is 2. The fourth-order valence-corrected chi connectivity index (χ4v) is 2.44. The normalized spacial score (nSPS) is 11.6. The Bertz CT molecular complexity index is 334. The van der Waals surface area contributed by atoms with E-state index in [0.29, 0.717) is 12.0 Å². The number of allylic oxidation sites excluding steroid dienone is 1. The molecule has 0 aromatic rings. The molecule has 4 heteroatoms. The molecule has 22 heavy (non-hydrogen) atoms. The third-order valence-electron chi connectivity index (χ3n) is 3.81. The van der Waals surface area contributed by atoms with Crippen molar-refractivity contribution in [3.63, 3.8) is 0 Å². The van der Waals surface area contributed by atoms with Crippen LogP contribution < -0.4 is 0 Å². The Hall–Kier alpha value is -1.32. The quantitative estimate of drug-likeness (QED) is 0.323. The molecule has 0 heterocycles. The van der Waals surface area contributed by atoms with Gasteiger partial charge in [-0.15, -0.1) is 0 Å². The third kappa shape index (κ3) is 13.7. The average molecular weight is 312 g/mol. The zero-order chi connectivity index (χ0) is 16.6. The number of unbranched alkanes of at least 4 members (excludes halogenated alkanes) is 9. The molecule has 0 radical (unpaired) electrons. The molecule has 0 aromatic carbocycles. The van der Waals surface area contributed by atoms with Crippen LogP contribution in [0.1, 0.15) is 90.4 Å². The lowest BCUT2D eigenvalue weighted by molar-refractivity contribution is -0.137. The van der Waals surface area contributed by atoms with Gasteiger partial charge in [-0.3, -0.25) is 4.79 Å². The van der Waals surface area contributed by atoms with Crippen molar-refractivity contribution in [3.05, 3.63) is 11.6 Å². The van der Waals surface area contributed by atoms with Gasteiger partial charge >= 0.3 is 11.9 Å². The first-order chi connectivity index (χ1) is 10.6. The molecule has 2 N–H and O–H groups in total. The predicted molar refractivity (Wildman–Crippen MR) is 89.0 cm³/mol. The number of carboxylic acids is 2. The van der Waals surface area contributed by atoms with Crippen molar-refractivity contribution in [1.29, 1.82) is 0 Å². The van der Waals surface area contributed by atoms with Crippen molar-refractivity contribution in [3.8, 4) is 0 Å². The second-order valence-electron chi connectivity index (χ2n) is 5.90. The molecule has 0 spiro atoms. The second-order valence-corrected chi connectivity index (χ2v) is 5.90. The molecule has 0 amide bonds. The van der Waals surface area contributed by atoms with Gasteiger partial charge in [0.05, 0.1) is 0 Å². The van der Waals surface area contributed by atoms with Crippen LogP contribution in [0.5, 0.6) is 0 Å². The Balaban J connectivity index is 3.60. The zero-order valence-corrected chi connectivity index (χ0v) is 14.0. The summed E-state index contributed by atoms with van der Waals surface area (Å²) in [6.45, 7) is 2.14. The second kappa shape index (κ2) is 14.6. The summed E-state index contributed by atoms with van der Waals surface area (Å²) in [5.41, 5.74) is 0.567. The lowest BCUT2D eigenvalue weighted by atomic mass is 10.0. The Kier molecular flexibility index (Phi) is 13.7. The van der Waals surface area contributed by atoms with Gasteiger partial charge in [0, 0.05) is 12.0 Å². The summed E-state index contributed by atoms with van der Waals surface area (Å²) in [4.78, 5) is 21.5. The van der Waals surface area contributed by atoms with E-state index < -0.39 is 11.9 Å². The molecule has 0 unspecified atom stereocenters. The van der Waals surface area contributed by atoms with E-state index in [9.17, 15) is 9.59 Å². The SMILES string of the molecule is CCCCCC=C(CCCCCCCCCC(=O)O)C(=O)O. The smallest absolute Gasteiger partial charge is 0.331 e. The maximum absolute atomic E-state index is 11.1. The first-order valence-corrected chi connectivity index (χ1v) is 8.72. The number of hydrogen-bond acceptors (Lipinski definition) is 2. The van der Waals surface area contributed by atoms with Gasteiger partial charge in [-0.05, 0) is 32.1 Å². The van der Waals surface area contributed by atoms with Crippen molar-refractivity contribution in [1.82, 2.24) is 0 Å². The zero-order valence-electron chi connectivity index (χ0n) is 14.0. The lowest BCUT2D eigenvalue weighted by Gasteiger charge is -2.04. The molecule has 0 aliphatic carbocycles. The summed E-state index contributed by atoms with van der Waals surface area (Å²) >= 11 is 0. The maximum atomic E-state index is 11.1. The van der Waals surface area contributed by atoms with Crippen LogP contribution in [0, 0.1) is 0 Å². The lowest BCUT2D eigenvalue weighted by Crippen LogP contribution is -2.00. The summed E-state index contributed by atoms with van der Waals surface area (Å²) in [6.07, 6.45) is 14.1. The largest absolute Gasteiger partial charge is 0.481 e. The molecule has 128 valence electrons. The van der Waals surface area contributed by atoms with Gasteiger partial charge in [0.1, 0.15) is 0 Å². The van der Waals surface area contributed by atoms with E-state index in [2.05, 4.69) is 6.92 Å². The van der Waals surface area contributed by atoms with Crippen LogP contribution in [0.15, 0.2) is 11.6 Å². The van der Waals surface area contributed by atoms with Crippen LogP contribution in [0.25, 0.3) is 0 Å². The molecular weight excluding hydrogens is 280 g/mol. The van der Waals surface area contributed by atoms with E-state index in [4.69, 9.17) is 10.2 Å². The Morgan fingerprint density at radius 1 is 0.773 bits per heavy atom. The molecule has 0 aromatic heterocycles. The van der Waals surface area contributed by atoms with Crippen LogP contribution in [0.4, 0.5) is 0 Å². The van der Waals surface area contributed by atoms with Crippen LogP contribution >= 0.6 is 0 Å². The van der Waals surface area contributed by atoms with Crippen LogP contribution in [-0.4, -0.2) is 22.2 Å². The number of carbonyl (C=O) groups is 2. The number of carboxylic acid groups (broad SMARTS) is 2. The van der Waals surface area contributed by atoms with Crippen molar-refractivity contribution in [2.75, 3.05) is 0 Å². The monoisotopic (exact) mass is 312 g/mol. The highest BCUT2D eigenvalue weighted by atomic mass is 16.4. The van der Waals surface area contributed by atoms with Crippen molar-refractivity contribution >= 4 is 11.9 Å². The van der Waals surface area contributed by atoms with Crippen molar-refractivity contribution in [2.45, 2.75) is 90.4 Å². The summed E-state index contributed by atoms with van der Waals surface area (Å²) in [6, 6.07) is 0. The van der Waals surface area contributed by atoms with E-state index in [1.807, 2.05) is 6.08 Å². The van der Waals surface area contributed by atoms with Gasteiger partial charge < -0.3 is 10.2 Å². The minimum absolute atomic E-state index is 0.269. The minimum Gasteiger partial charge on any atom is -0.481 e. The molecule has 0 rings (SSSR count). The Morgan fingerprint density at radius 3 is 1.82 bits per heavy atom. The maximum Gasteiger partial charge on any atom is 0.331 e. The standard InChI is InChI=1S/C18H32O4/c1-2-3-4-10-13-16(18(21)22)14-11-8-6-5-7-9-12-15-17(19)20/h13H,2-12,14-15H2,1H3,(H,19,20)(H,21,22). The van der Waals surface area contributed by atoms with Gasteiger partial charge in [0.15, 0.2) is 0 Å². The third-order valence-corrected chi connectivity index (χ3v) is 3.81. The minimum atomic E-state index is -0.773. The fraction of sp³-hybridized carbons (Fsp3) is 0.778. The predicted octanol–water partition coefficient (Wildman–Crippen LogP) is 5.17. The molecule has 0 bridgehead atoms. The number of rotatable bonds is 15. The molecule has 0 saturated heterocycles. The van der Waals surface area contributed by atoms with E-state index in [1.54, 1.807) is 0 Å². The highest BCUT2D eigenvalue weighted by molar-refractivity contribution is 5.86. The van der Waals surface area contributed by atoms with E-state index in [-0.39, 0.29) is 6.42 Å². The van der Waals surface area contributed by atoms with Gasteiger partial charge in [-0.2, -0.15) is 0 Å². The Labute approximate surface area is 134 Å². The van der Waals surface area contributed by atoms with Crippen LogP contribution in [-0.2, 0) is 9.59 Å². The fourth-order valence-electron chi connectivity index (χ4n) is 2.44. The molecule has 4 nitrogen and oxygen atoms in total. The highest BCUT2D eigenvalue weighted by Gasteiger charge is 2.06. The molecule has 0 atom stereocenters. The first kappa shape index (κ1) is 20.7. The van der Waals surface area contributed by atoms with Gasteiger partial charge in [0.25, 0.3) is 0 Å². The summed E-state index contributed by atoms with van der Waals surface area (Å²) in [5, 5.41) is 17.7. The van der Waals surface area contributed by atoms with Crippen LogP contribution in [0.3, 0.4) is 0 Å². The highest BCUT2D eigenvalue weighted by Crippen LogP contribution is 2.14. The molecule has 0 fully saturated rings. The van der Waals surface area contributed by atoms with E-state index in [1.165, 1.54) is 0 Å². The molecule has 0 saturated carbocycles. The van der Waals surface area contributed by atoms with E-state index in [0.717, 1.165) is 70.6 Å². The van der Waals surface area contributed by atoms with Crippen molar-refractivity contribution < 1.29 is 19.8 Å². The summed E-state index contributed by atoms with van der Waals surface area (Å²) in [5.74, 6) is -1.49. The molecular formula is C18H32O4. The first-order valence-electron chi connectivity index (χ1n) is 8.72. The van der Waals surface area contributed by atoms with Gasteiger partial charge in [0.2, 0.25) is 0 Å². The van der Waals surface area contributed by atoms with Gasteiger partial charge in [-0.1, -0.05) is 57.9 Å². The van der Waals surface area contributed by atoms with Crippen LogP contribution in [0.2, 0.25) is 0 Å². The molecule has 0 aliphatic heterocycles. The topological polar surface area (TPSA) is 74.6 Å². The molecule has 0 aliphatic rings. The number of hydrogen-bond donors (Lipinski definition) is 2. The summed E-state index contributed by atoms with van der Waals surface area (Å²) in [7, 11) is 0. The van der Waals surface area contributed by atoms with Crippen molar-refractivity contribution in [2.24, 2.45) is 0 Å². The Morgan fingerprint density at radius 2 is 1.32 bits per heavy atom. The van der Waals surface area contributed by atoms with Gasteiger partial charge in [-0.25, -0.2) is 4.79 Å².